The van der Waals surface area contributed by atoms with Gasteiger partial charge in [-0.2, -0.15) is 0 Å². The van der Waals surface area contributed by atoms with Crippen LogP contribution in [0.1, 0.15) is 17.5 Å². The van der Waals surface area contributed by atoms with Gasteiger partial charge in [-0.05, 0) is 29.7 Å². The minimum Gasteiger partial charge on any atom is -0.497 e. The first kappa shape index (κ1) is 19.2. The molecule has 4 nitrogen and oxygen atoms in total. The molecule has 2 aromatic rings. The highest BCUT2D eigenvalue weighted by molar-refractivity contribution is 5.26. The van der Waals surface area contributed by atoms with Gasteiger partial charge in [0, 0.05) is 0 Å². The van der Waals surface area contributed by atoms with E-state index in [0.717, 1.165) is 17.7 Å². The first-order valence-corrected chi connectivity index (χ1v) is 8.45. The van der Waals surface area contributed by atoms with Crippen LogP contribution in [0.25, 0.3) is 0 Å². The highest BCUT2D eigenvalue weighted by atomic mass is 16.5. The zero-order chi connectivity index (χ0) is 17.7. The van der Waals surface area contributed by atoms with E-state index in [1.165, 1.54) is 5.56 Å². The van der Waals surface area contributed by atoms with Gasteiger partial charge in [0.2, 0.25) is 0 Å². The zero-order valence-corrected chi connectivity index (χ0v) is 14.6. The monoisotopic (exact) mass is 342 g/mol. The minimum atomic E-state index is -0.604. The Hall–Kier alpha value is -2.14. The summed E-state index contributed by atoms with van der Waals surface area (Å²) in [5, 5.41) is 9.87. The second kappa shape index (κ2) is 11.4. The number of aliphatic hydroxyl groups is 1. The fourth-order valence-electron chi connectivity index (χ4n) is 2.24. The Labute approximate surface area is 149 Å². The SMILES string of the molecule is COc1ccc(COC[C@H](O)/C=C/CCOCc2ccccc2)cc1. The Kier molecular flexibility index (Phi) is 8.77. The lowest BCUT2D eigenvalue weighted by atomic mass is 10.2. The van der Waals surface area contributed by atoms with Gasteiger partial charge in [0.15, 0.2) is 0 Å². The molecule has 0 aromatic heterocycles. The van der Waals surface area contributed by atoms with E-state index in [1.807, 2.05) is 60.7 Å². The number of rotatable bonds is 11. The van der Waals surface area contributed by atoms with Crippen molar-refractivity contribution in [1.29, 1.82) is 0 Å². The average Bonchev–Trinajstić information content (AvgIpc) is 2.66. The van der Waals surface area contributed by atoms with Gasteiger partial charge in [-0.3, -0.25) is 0 Å². The van der Waals surface area contributed by atoms with Crippen molar-refractivity contribution in [3.63, 3.8) is 0 Å². The van der Waals surface area contributed by atoms with Crippen LogP contribution in [0.4, 0.5) is 0 Å². The standard InChI is InChI=1S/C21H26O4/c1-23-21-12-10-19(11-13-21)16-25-17-20(22)9-5-6-14-24-15-18-7-3-2-4-8-18/h2-5,7-13,20,22H,6,14-17H2,1H3/b9-5+/t20-/m1/s1. The molecule has 0 aliphatic heterocycles. The van der Waals surface area contributed by atoms with E-state index in [1.54, 1.807) is 13.2 Å². The van der Waals surface area contributed by atoms with Crippen molar-refractivity contribution in [2.24, 2.45) is 0 Å². The molecule has 25 heavy (non-hydrogen) atoms. The predicted molar refractivity (Wildman–Crippen MR) is 98.5 cm³/mol. The van der Waals surface area contributed by atoms with E-state index in [4.69, 9.17) is 14.2 Å². The zero-order valence-electron chi connectivity index (χ0n) is 14.6. The molecule has 2 rings (SSSR count). The Bertz CT molecular complexity index is 608. The Balaban J connectivity index is 1.53. The molecule has 4 heteroatoms. The number of aliphatic hydroxyl groups excluding tert-OH is 1. The molecule has 1 N–H and O–H groups in total. The molecule has 0 bridgehead atoms. The van der Waals surface area contributed by atoms with Crippen LogP contribution in [-0.4, -0.2) is 31.5 Å². The van der Waals surface area contributed by atoms with Crippen molar-refractivity contribution >= 4 is 0 Å². The lowest BCUT2D eigenvalue weighted by Crippen LogP contribution is -2.12. The van der Waals surface area contributed by atoms with Crippen LogP contribution in [0.3, 0.4) is 0 Å². The molecule has 0 spiro atoms. The third kappa shape index (κ3) is 7.98. The third-order valence-corrected chi connectivity index (χ3v) is 3.62. The van der Waals surface area contributed by atoms with Crippen LogP contribution in [0.2, 0.25) is 0 Å². The highest BCUT2D eigenvalue weighted by Crippen LogP contribution is 2.12. The van der Waals surface area contributed by atoms with Crippen LogP contribution < -0.4 is 4.74 Å². The molecule has 0 saturated carbocycles. The van der Waals surface area contributed by atoms with E-state index in [0.29, 0.717) is 19.8 Å². The molecule has 0 amide bonds. The van der Waals surface area contributed by atoms with Gasteiger partial charge in [-0.1, -0.05) is 54.6 Å². The molecule has 0 heterocycles. The maximum absolute atomic E-state index is 9.87. The van der Waals surface area contributed by atoms with Crippen molar-refractivity contribution < 1.29 is 19.3 Å². The van der Waals surface area contributed by atoms with Crippen LogP contribution in [-0.2, 0) is 22.7 Å². The number of benzene rings is 2. The average molecular weight is 342 g/mol. The number of methoxy groups -OCH3 is 1. The van der Waals surface area contributed by atoms with Gasteiger partial charge in [0.05, 0.1) is 39.6 Å². The summed E-state index contributed by atoms with van der Waals surface area (Å²) in [7, 11) is 1.64. The largest absolute Gasteiger partial charge is 0.497 e. The molecule has 0 fully saturated rings. The molecule has 134 valence electrons. The van der Waals surface area contributed by atoms with Gasteiger partial charge in [-0.25, -0.2) is 0 Å². The predicted octanol–water partition coefficient (Wildman–Crippen LogP) is 3.74. The lowest BCUT2D eigenvalue weighted by Gasteiger charge is -2.08. The van der Waals surface area contributed by atoms with Crippen LogP contribution in [0, 0.1) is 0 Å². The van der Waals surface area contributed by atoms with E-state index in [9.17, 15) is 5.11 Å². The Morgan fingerprint density at radius 2 is 1.60 bits per heavy atom. The van der Waals surface area contributed by atoms with Gasteiger partial charge < -0.3 is 19.3 Å². The second-order valence-corrected chi connectivity index (χ2v) is 5.69. The molecule has 1 atom stereocenters. The maximum Gasteiger partial charge on any atom is 0.118 e. The van der Waals surface area contributed by atoms with Crippen molar-refractivity contribution in [3.8, 4) is 5.75 Å². The molecule has 0 aliphatic rings. The van der Waals surface area contributed by atoms with Crippen LogP contribution >= 0.6 is 0 Å². The molecular weight excluding hydrogens is 316 g/mol. The summed E-state index contributed by atoms with van der Waals surface area (Å²) in [6.45, 7) is 1.98. The normalized spacial score (nSPS) is 12.4. The lowest BCUT2D eigenvalue weighted by molar-refractivity contribution is 0.0501. The number of hydrogen-bond acceptors (Lipinski definition) is 4. The van der Waals surface area contributed by atoms with Crippen molar-refractivity contribution in [1.82, 2.24) is 0 Å². The molecule has 0 saturated heterocycles. The van der Waals surface area contributed by atoms with E-state index < -0.39 is 6.10 Å². The molecule has 0 aliphatic carbocycles. The van der Waals surface area contributed by atoms with Crippen molar-refractivity contribution in [3.05, 3.63) is 77.9 Å². The van der Waals surface area contributed by atoms with Gasteiger partial charge in [-0.15, -0.1) is 0 Å². The first-order valence-electron chi connectivity index (χ1n) is 8.45. The summed E-state index contributed by atoms with van der Waals surface area (Å²) in [5.74, 6) is 0.821. The topological polar surface area (TPSA) is 47.9 Å². The summed E-state index contributed by atoms with van der Waals surface area (Å²) in [6, 6.07) is 17.8. The maximum atomic E-state index is 9.87. The highest BCUT2D eigenvalue weighted by Gasteiger charge is 2.00. The van der Waals surface area contributed by atoms with E-state index >= 15 is 0 Å². The smallest absolute Gasteiger partial charge is 0.118 e. The molecular formula is C21H26O4. The Morgan fingerprint density at radius 3 is 2.32 bits per heavy atom. The fraction of sp³-hybridized carbons (Fsp3) is 0.333. The van der Waals surface area contributed by atoms with E-state index in [-0.39, 0.29) is 6.61 Å². The van der Waals surface area contributed by atoms with E-state index in [2.05, 4.69) is 0 Å². The summed E-state index contributed by atoms with van der Waals surface area (Å²) in [5.41, 5.74) is 2.21. The molecule has 2 aromatic carbocycles. The second-order valence-electron chi connectivity index (χ2n) is 5.69. The van der Waals surface area contributed by atoms with Gasteiger partial charge in [0.1, 0.15) is 5.75 Å². The van der Waals surface area contributed by atoms with Crippen molar-refractivity contribution in [2.45, 2.75) is 25.7 Å². The summed E-state index contributed by atoms with van der Waals surface area (Å²) < 4.78 is 16.2. The third-order valence-electron chi connectivity index (χ3n) is 3.62. The Morgan fingerprint density at radius 1 is 0.920 bits per heavy atom. The van der Waals surface area contributed by atoms with Crippen LogP contribution in [0.15, 0.2) is 66.7 Å². The quantitative estimate of drug-likeness (QED) is 0.499. The summed E-state index contributed by atoms with van der Waals surface area (Å²) in [4.78, 5) is 0. The van der Waals surface area contributed by atoms with Gasteiger partial charge in [0.25, 0.3) is 0 Å². The summed E-state index contributed by atoms with van der Waals surface area (Å²) in [6.07, 6.45) is 3.83. The van der Waals surface area contributed by atoms with Crippen LogP contribution in [0.5, 0.6) is 5.75 Å². The van der Waals surface area contributed by atoms with Gasteiger partial charge >= 0.3 is 0 Å². The molecule has 0 radical (unpaired) electrons. The summed E-state index contributed by atoms with van der Waals surface area (Å²) >= 11 is 0. The molecule has 0 unspecified atom stereocenters. The minimum absolute atomic E-state index is 0.271. The fourth-order valence-corrected chi connectivity index (χ4v) is 2.24. The number of hydrogen-bond donors (Lipinski definition) is 1. The van der Waals surface area contributed by atoms with Crippen molar-refractivity contribution in [2.75, 3.05) is 20.3 Å². The number of ether oxygens (including phenoxy) is 3. The first-order chi connectivity index (χ1) is 12.3.